The SMILES string of the molecule is CN(C(=O)NC(CCC(=O)O)Cc1ccccc1)C1CCSC1. The minimum Gasteiger partial charge on any atom is -0.481 e. The fourth-order valence-corrected chi connectivity index (χ4v) is 3.96. The zero-order valence-corrected chi connectivity index (χ0v) is 14.2. The quantitative estimate of drug-likeness (QED) is 0.803. The fourth-order valence-electron chi connectivity index (χ4n) is 2.69. The van der Waals surface area contributed by atoms with Crippen molar-refractivity contribution in [1.82, 2.24) is 10.2 Å². The number of thioether (sulfide) groups is 1. The molecule has 0 aliphatic carbocycles. The van der Waals surface area contributed by atoms with Crippen LogP contribution in [0.5, 0.6) is 0 Å². The molecule has 23 heavy (non-hydrogen) atoms. The van der Waals surface area contributed by atoms with Crippen LogP contribution < -0.4 is 5.32 Å². The van der Waals surface area contributed by atoms with Crippen LogP contribution in [0.25, 0.3) is 0 Å². The molecule has 0 spiro atoms. The predicted octanol–water partition coefficient (Wildman–Crippen LogP) is 2.61. The molecule has 1 fully saturated rings. The van der Waals surface area contributed by atoms with Crippen molar-refractivity contribution in [3.63, 3.8) is 0 Å². The molecule has 1 saturated heterocycles. The lowest BCUT2D eigenvalue weighted by molar-refractivity contribution is -0.137. The van der Waals surface area contributed by atoms with Crippen LogP contribution in [-0.4, -0.2) is 52.6 Å². The molecule has 1 aliphatic rings. The second-order valence-electron chi connectivity index (χ2n) is 5.90. The minimum atomic E-state index is -0.835. The molecular formula is C17H24N2O3S. The minimum absolute atomic E-state index is 0.0563. The summed E-state index contributed by atoms with van der Waals surface area (Å²) in [5.74, 6) is 1.23. The van der Waals surface area contributed by atoms with E-state index in [-0.39, 0.29) is 24.5 Å². The van der Waals surface area contributed by atoms with E-state index in [9.17, 15) is 9.59 Å². The van der Waals surface area contributed by atoms with Crippen LogP contribution in [0.3, 0.4) is 0 Å². The van der Waals surface area contributed by atoms with Gasteiger partial charge in [-0.1, -0.05) is 30.3 Å². The number of nitrogens with one attached hydrogen (secondary N) is 1. The summed E-state index contributed by atoms with van der Waals surface area (Å²) in [7, 11) is 1.82. The van der Waals surface area contributed by atoms with E-state index in [2.05, 4.69) is 5.32 Å². The van der Waals surface area contributed by atoms with Gasteiger partial charge >= 0.3 is 12.0 Å². The second kappa shape index (κ2) is 8.82. The maximum Gasteiger partial charge on any atom is 0.317 e. The Bertz CT molecular complexity index is 518. The van der Waals surface area contributed by atoms with E-state index in [0.29, 0.717) is 12.8 Å². The molecule has 2 unspecified atom stereocenters. The van der Waals surface area contributed by atoms with Gasteiger partial charge in [0.05, 0.1) is 0 Å². The van der Waals surface area contributed by atoms with Gasteiger partial charge in [-0.3, -0.25) is 4.79 Å². The Labute approximate surface area is 141 Å². The average Bonchev–Trinajstić information content (AvgIpc) is 3.07. The first-order valence-corrected chi connectivity index (χ1v) is 9.08. The molecular weight excluding hydrogens is 312 g/mol. The largest absolute Gasteiger partial charge is 0.481 e. The summed E-state index contributed by atoms with van der Waals surface area (Å²) in [5.41, 5.74) is 1.10. The highest BCUT2D eigenvalue weighted by Gasteiger charge is 2.25. The van der Waals surface area contributed by atoms with E-state index in [1.165, 1.54) is 0 Å². The fraction of sp³-hybridized carbons (Fsp3) is 0.529. The van der Waals surface area contributed by atoms with E-state index in [0.717, 1.165) is 23.5 Å². The van der Waals surface area contributed by atoms with Gasteiger partial charge in [0.15, 0.2) is 0 Å². The summed E-state index contributed by atoms with van der Waals surface area (Å²) < 4.78 is 0. The summed E-state index contributed by atoms with van der Waals surface area (Å²) in [5, 5.41) is 11.9. The van der Waals surface area contributed by atoms with Crippen molar-refractivity contribution in [3.05, 3.63) is 35.9 Å². The van der Waals surface area contributed by atoms with Gasteiger partial charge in [-0.15, -0.1) is 0 Å². The summed E-state index contributed by atoms with van der Waals surface area (Å²) in [6.45, 7) is 0. The number of rotatable bonds is 7. The number of nitrogens with zero attached hydrogens (tertiary/aromatic N) is 1. The van der Waals surface area contributed by atoms with Crippen LogP contribution in [0.4, 0.5) is 4.79 Å². The van der Waals surface area contributed by atoms with Gasteiger partial charge in [0, 0.05) is 31.3 Å². The van der Waals surface area contributed by atoms with Crippen molar-refractivity contribution < 1.29 is 14.7 Å². The topological polar surface area (TPSA) is 69.6 Å². The van der Waals surface area contributed by atoms with Crippen LogP contribution in [-0.2, 0) is 11.2 Å². The number of hydrogen-bond donors (Lipinski definition) is 2. The number of urea groups is 1. The number of carbonyl (C=O) groups excluding carboxylic acids is 1. The summed E-state index contributed by atoms with van der Waals surface area (Å²) in [6, 6.07) is 9.84. The third kappa shape index (κ3) is 5.78. The second-order valence-corrected chi connectivity index (χ2v) is 7.05. The van der Waals surface area contributed by atoms with Crippen molar-refractivity contribution in [3.8, 4) is 0 Å². The van der Waals surface area contributed by atoms with Crippen LogP contribution in [0.2, 0.25) is 0 Å². The van der Waals surface area contributed by atoms with Crippen molar-refractivity contribution in [1.29, 1.82) is 0 Å². The summed E-state index contributed by atoms with van der Waals surface area (Å²) in [4.78, 5) is 25.1. The van der Waals surface area contributed by atoms with Gasteiger partial charge in [-0.2, -0.15) is 11.8 Å². The van der Waals surface area contributed by atoms with Gasteiger partial charge < -0.3 is 15.3 Å². The monoisotopic (exact) mass is 336 g/mol. The zero-order chi connectivity index (χ0) is 16.7. The van der Waals surface area contributed by atoms with Crippen LogP contribution in [0, 0.1) is 0 Å². The van der Waals surface area contributed by atoms with Gasteiger partial charge in [0.25, 0.3) is 0 Å². The molecule has 0 saturated carbocycles. The lowest BCUT2D eigenvalue weighted by atomic mass is 10.0. The first-order chi connectivity index (χ1) is 11.1. The van der Waals surface area contributed by atoms with Crippen LogP contribution in [0.1, 0.15) is 24.8 Å². The predicted molar refractivity (Wildman–Crippen MR) is 92.8 cm³/mol. The first-order valence-electron chi connectivity index (χ1n) is 7.93. The van der Waals surface area contributed by atoms with Gasteiger partial charge in [0.2, 0.25) is 0 Å². The molecule has 2 rings (SSSR count). The van der Waals surface area contributed by atoms with E-state index in [1.807, 2.05) is 49.1 Å². The maximum absolute atomic E-state index is 12.4. The normalized spacial score (nSPS) is 18.4. The van der Waals surface area contributed by atoms with Crippen LogP contribution in [0.15, 0.2) is 30.3 Å². The number of benzene rings is 1. The molecule has 1 aliphatic heterocycles. The Kier molecular flexibility index (Phi) is 6.77. The smallest absolute Gasteiger partial charge is 0.317 e. The summed E-state index contributed by atoms with van der Waals surface area (Å²) in [6.07, 6.45) is 2.16. The number of carboxylic acids is 1. The molecule has 2 amide bonds. The Balaban J connectivity index is 1.95. The molecule has 0 aromatic heterocycles. The Morgan fingerprint density at radius 1 is 1.39 bits per heavy atom. The number of hydrogen-bond acceptors (Lipinski definition) is 3. The molecule has 0 bridgehead atoms. The zero-order valence-electron chi connectivity index (χ0n) is 13.4. The van der Waals surface area contributed by atoms with Gasteiger partial charge in [-0.25, -0.2) is 4.79 Å². The molecule has 2 N–H and O–H groups in total. The highest BCUT2D eigenvalue weighted by atomic mass is 32.2. The lowest BCUT2D eigenvalue weighted by Crippen LogP contribution is -2.48. The van der Waals surface area contributed by atoms with Crippen molar-refractivity contribution in [2.24, 2.45) is 0 Å². The number of carbonyl (C=O) groups is 2. The highest BCUT2D eigenvalue weighted by molar-refractivity contribution is 7.99. The van der Waals surface area contributed by atoms with Crippen molar-refractivity contribution in [2.75, 3.05) is 18.6 Å². The molecule has 1 aromatic carbocycles. The Morgan fingerprint density at radius 3 is 2.74 bits per heavy atom. The van der Waals surface area contributed by atoms with E-state index in [1.54, 1.807) is 4.90 Å². The molecule has 1 heterocycles. The number of aliphatic carboxylic acids is 1. The lowest BCUT2D eigenvalue weighted by Gasteiger charge is -2.27. The standard InChI is InChI=1S/C17H24N2O3S/c1-19(15-9-10-23-12-15)17(22)18-14(7-8-16(20)21)11-13-5-3-2-4-6-13/h2-6,14-15H,7-12H2,1H3,(H,18,22)(H,20,21). The van der Waals surface area contributed by atoms with E-state index >= 15 is 0 Å². The molecule has 126 valence electrons. The third-order valence-corrected chi connectivity index (χ3v) is 5.28. The molecule has 5 nitrogen and oxygen atoms in total. The molecule has 2 atom stereocenters. The summed E-state index contributed by atoms with van der Waals surface area (Å²) >= 11 is 1.86. The van der Waals surface area contributed by atoms with Gasteiger partial charge in [-0.05, 0) is 30.6 Å². The molecule has 6 heteroatoms. The maximum atomic E-state index is 12.4. The first kappa shape index (κ1) is 17.7. The van der Waals surface area contributed by atoms with Crippen molar-refractivity contribution >= 4 is 23.8 Å². The molecule has 0 radical (unpaired) electrons. The van der Waals surface area contributed by atoms with Crippen LogP contribution >= 0.6 is 11.8 Å². The molecule has 1 aromatic rings. The Hall–Kier alpha value is -1.69. The van der Waals surface area contributed by atoms with Gasteiger partial charge in [0.1, 0.15) is 0 Å². The van der Waals surface area contributed by atoms with E-state index in [4.69, 9.17) is 5.11 Å². The highest BCUT2D eigenvalue weighted by Crippen LogP contribution is 2.21. The van der Waals surface area contributed by atoms with Crippen molar-refractivity contribution in [2.45, 2.75) is 37.8 Å². The number of amides is 2. The number of carboxylic acid groups (broad SMARTS) is 1. The third-order valence-electron chi connectivity index (χ3n) is 4.13. The van der Waals surface area contributed by atoms with E-state index < -0.39 is 5.97 Å². The Morgan fingerprint density at radius 2 is 2.13 bits per heavy atom. The average molecular weight is 336 g/mol.